The van der Waals surface area contributed by atoms with Crippen LogP contribution >= 0.6 is 11.8 Å². The normalized spacial score (nSPS) is 12.3. The van der Waals surface area contributed by atoms with Gasteiger partial charge < -0.3 is 15.1 Å². The molecule has 1 atom stereocenters. The molecular formula is C16H27N3OS. The number of nitrogens with zero attached hydrogens (tertiary/aromatic N) is 2. The van der Waals surface area contributed by atoms with E-state index in [1.54, 1.807) is 16.7 Å². The molecule has 0 saturated heterocycles. The molecular weight excluding hydrogens is 282 g/mol. The minimum atomic E-state index is -0.0184. The maximum absolute atomic E-state index is 12.1. The van der Waals surface area contributed by atoms with E-state index in [1.165, 1.54) is 4.90 Å². The molecule has 21 heavy (non-hydrogen) atoms. The fourth-order valence-electron chi connectivity index (χ4n) is 2.20. The average molecular weight is 309 g/mol. The van der Waals surface area contributed by atoms with Crippen molar-refractivity contribution in [2.75, 3.05) is 40.5 Å². The van der Waals surface area contributed by atoms with Gasteiger partial charge in [0.2, 0.25) is 0 Å². The van der Waals surface area contributed by atoms with E-state index < -0.39 is 0 Å². The van der Waals surface area contributed by atoms with Crippen molar-refractivity contribution >= 4 is 17.8 Å². The van der Waals surface area contributed by atoms with Crippen LogP contribution in [0.15, 0.2) is 29.2 Å². The van der Waals surface area contributed by atoms with Crippen LogP contribution in [0, 0.1) is 5.92 Å². The van der Waals surface area contributed by atoms with Gasteiger partial charge in [0.05, 0.1) is 0 Å². The van der Waals surface area contributed by atoms with E-state index in [9.17, 15) is 4.79 Å². The van der Waals surface area contributed by atoms with Crippen molar-refractivity contribution in [1.82, 2.24) is 15.1 Å². The van der Waals surface area contributed by atoms with Gasteiger partial charge in [0.1, 0.15) is 0 Å². The lowest BCUT2D eigenvalue weighted by atomic mass is 10.2. The number of urea groups is 1. The summed E-state index contributed by atoms with van der Waals surface area (Å²) >= 11 is 1.71. The number of amides is 2. The third kappa shape index (κ3) is 6.87. The fraction of sp³-hybridized carbons (Fsp3) is 0.562. The Kier molecular flexibility index (Phi) is 7.61. The summed E-state index contributed by atoms with van der Waals surface area (Å²) in [5, 5.41) is 2.99. The molecule has 0 bridgehead atoms. The van der Waals surface area contributed by atoms with Gasteiger partial charge in [-0.25, -0.2) is 4.79 Å². The Morgan fingerprint density at radius 1 is 1.33 bits per heavy atom. The molecule has 4 nitrogen and oxygen atoms in total. The summed E-state index contributed by atoms with van der Waals surface area (Å²) in [4.78, 5) is 17.2. The van der Waals surface area contributed by atoms with Gasteiger partial charge in [-0.3, -0.25) is 0 Å². The molecule has 0 fully saturated rings. The van der Waals surface area contributed by atoms with E-state index in [-0.39, 0.29) is 6.03 Å². The Balaban J connectivity index is 2.43. The second-order valence-corrected chi connectivity index (χ2v) is 6.64. The maximum atomic E-state index is 12.1. The van der Waals surface area contributed by atoms with Gasteiger partial charge in [0.25, 0.3) is 0 Å². The fourth-order valence-corrected chi connectivity index (χ4v) is 2.68. The van der Waals surface area contributed by atoms with Crippen LogP contribution in [0.1, 0.15) is 12.5 Å². The van der Waals surface area contributed by atoms with E-state index >= 15 is 0 Å². The van der Waals surface area contributed by atoms with Crippen LogP contribution in [-0.4, -0.2) is 56.3 Å². The summed E-state index contributed by atoms with van der Waals surface area (Å²) in [5.74, 6) is 0.442. The molecule has 1 aromatic rings. The lowest BCUT2D eigenvalue weighted by molar-refractivity contribution is 0.203. The first-order valence-electron chi connectivity index (χ1n) is 7.19. The predicted molar refractivity (Wildman–Crippen MR) is 90.8 cm³/mol. The minimum absolute atomic E-state index is 0.0184. The Morgan fingerprint density at radius 3 is 2.67 bits per heavy atom. The number of hydrogen-bond donors (Lipinski definition) is 1. The molecule has 1 aromatic carbocycles. The van der Waals surface area contributed by atoms with Gasteiger partial charge in [-0.1, -0.05) is 19.1 Å². The molecule has 2 amide bonds. The minimum Gasteiger partial charge on any atom is -0.338 e. The molecule has 118 valence electrons. The Bertz CT molecular complexity index is 451. The first-order chi connectivity index (χ1) is 9.92. The van der Waals surface area contributed by atoms with Gasteiger partial charge in [-0.05, 0) is 44.0 Å². The number of benzene rings is 1. The van der Waals surface area contributed by atoms with Crippen LogP contribution in [-0.2, 0) is 6.54 Å². The average Bonchev–Trinajstić information content (AvgIpc) is 2.44. The van der Waals surface area contributed by atoms with E-state index in [0.717, 1.165) is 12.1 Å². The summed E-state index contributed by atoms with van der Waals surface area (Å²) < 4.78 is 0. The highest BCUT2D eigenvalue weighted by Crippen LogP contribution is 2.16. The van der Waals surface area contributed by atoms with Crippen molar-refractivity contribution in [2.24, 2.45) is 5.92 Å². The highest BCUT2D eigenvalue weighted by Gasteiger charge is 2.11. The SMILES string of the molecule is CSc1cccc(CN(C)C(=O)NC[C@H](C)CN(C)C)c1. The summed E-state index contributed by atoms with van der Waals surface area (Å²) in [6, 6.07) is 8.28. The molecule has 0 spiro atoms. The Morgan fingerprint density at radius 2 is 2.05 bits per heavy atom. The first-order valence-corrected chi connectivity index (χ1v) is 8.41. The third-order valence-corrected chi connectivity index (χ3v) is 3.90. The topological polar surface area (TPSA) is 35.6 Å². The quantitative estimate of drug-likeness (QED) is 0.787. The van der Waals surface area contributed by atoms with Crippen LogP contribution in [0.25, 0.3) is 0 Å². The van der Waals surface area contributed by atoms with Crippen LogP contribution < -0.4 is 5.32 Å². The monoisotopic (exact) mass is 309 g/mol. The predicted octanol–water partition coefficient (Wildman–Crippen LogP) is 2.75. The van der Waals surface area contributed by atoms with Crippen LogP contribution in [0.3, 0.4) is 0 Å². The number of thioether (sulfide) groups is 1. The molecule has 0 saturated carbocycles. The Hall–Kier alpha value is -1.20. The van der Waals surface area contributed by atoms with Gasteiger partial charge in [0.15, 0.2) is 0 Å². The number of carbonyl (C=O) groups excluding carboxylic acids is 1. The van der Waals surface area contributed by atoms with E-state index in [4.69, 9.17) is 0 Å². The molecule has 1 rings (SSSR count). The van der Waals surface area contributed by atoms with Crippen molar-refractivity contribution < 1.29 is 4.79 Å². The summed E-state index contributed by atoms with van der Waals surface area (Å²) in [6.07, 6.45) is 2.06. The molecule has 0 unspecified atom stereocenters. The summed E-state index contributed by atoms with van der Waals surface area (Å²) in [5.41, 5.74) is 1.15. The first kappa shape index (κ1) is 17.9. The molecule has 5 heteroatoms. The summed E-state index contributed by atoms with van der Waals surface area (Å²) in [6.45, 7) is 4.44. The van der Waals surface area contributed by atoms with Gasteiger partial charge >= 0.3 is 6.03 Å². The molecule has 0 aromatic heterocycles. The van der Waals surface area contributed by atoms with Crippen LogP contribution in [0.2, 0.25) is 0 Å². The van der Waals surface area contributed by atoms with Crippen molar-refractivity contribution in [3.63, 3.8) is 0 Å². The third-order valence-electron chi connectivity index (χ3n) is 3.18. The van der Waals surface area contributed by atoms with Crippen molar-refractivity contribution in [3.05, 3.63) is 29.8 Å². The second-order valence-electron chi connectivity index (χ2n) is 5.76. The number of carbonyl (C=O) groups is 1. The zero-order valence-electron chi connectivity index (χ0n) is 13.7. The molecule has 0 aliphatic carbocycles. The number of rotatable bonds is 7. The number of hydrogen-bond acceptors (Lipinski definition) is 3. The molecule has 0 aliphatic rings. The van der Waals surface area contributed by atoms with E-state index in [2.05, 4.69) is 41.6 Å². The van der Waals surface area contributed by atoms with E-state index in [0.29, 0.717) is 19.0 Å². The van der Waals surface area contributed by atoms with Gasteiger partial charge in [0, 0.05) is 31.6 Å². The smallest absolute Gasteiger partial charge is 0.317 e. The van der Waals surface area contributed by atoms with Crippen molar-refractivity contribution in [2.45, 2.75) is 18.4 Å². The largest absolute Gasteiger partial charge is 0.338 e. The lowest BCUT2D eigenvalue weighted by Gasteiger charge is -2.21. The second kappa shape index (κ2) is 8.95. The zero-order valence-corrected chi connectivity index (χ0v) is 14.5. The highest BCUT2D eigenvalue weighted by molar-refractivity contribution is 7.98. The molecule has 0 aliphatic heterocycles. The standard InChI is InChI=1S/C16H27N3OS/c1-13(11-18(2)3)10-17-16(20)19(4)12-14-7-6-8-15(9-14)21-5/h6-9,13H,10-12H2,1-5H3,(H,17,20)/t13-/m0/s1. The Labute approximate surface area is 132 Å². The summed E-state index contributed by atoms with van der Waals surface area (Å²) in [7, 11) is 5.92. The van der Waals surface area contributed by atoms with Crippen molar-refractivity contribution in [3.8, 4) is 0 Å². The molecule has 0 heterocycles. The van der Waals surface area contributed by atoms with Gasteiger partial charge in [-0.2, -0.15) is 0 Å². The van der Waals surface area contributed by atoms with Gasteiger partial charge in [-0.15, -0.1) is 11.8 Å². The highest BCUT2D eigenvalue weighted by atomic mass is 32.2. The van der Waals surface area contributed by atoms with Crippen LogP contribution in [0.5, 0.6) is 0 Å². The molecule has 0 radical (unpaired) electrons. The van der Waals surface area contributed by atoms with Crippen LogP contribution in [0.4, 0.5) is 4.79 Å². The zero-order chi connectivity index (χ0) is 15.8. The van der Waals surface area contributed by atoms with E-state index in [1.807, 2.05) is 27.2 Å². The van der Waals surface area contributed by atoms with Crippen molar-refractivity contribution in [1.29, 1.82) is 0 Å². The number of nitrogens with one attached hydrogen (secondary N) is 1. The maximum Gasteiger partial charge on any atom is 0.317 e. The lowest BCUT2D eigenvalue weighted by Crippen LogP contribution is -2.40. The molecule has 1 N–H and O–H groups in total.